The second kappa shape index (κ2) is 5.54. The summed E-state index contributed by atoms with van der Waals surface area (Å²) in [6.45, 7) is 6.85. The Kier molecular flexibility index (Phi) is 3.50. The van der Waals surface area contributed by atoms with Gasteiger partial charge in [-0.3, -0.25) is 0 Å². The van der Waals surface area contributed by atoms with Crippen molar-refractivity contribution < 1.29 is 4.42 Å². The van der Waals surface area contributed by atoms with Crippen LogP contribution < -0.4 is 0 Å². The highest BCUT2D eigenvalue weighted by atomic mass is 28.3. The van der Waals surface area contributed by atoms with Gasteiger partial charge in [-0.15, -0.1) is 0 Å². The number of allylic oxidation sites excluding steroid dienone is 5. The Morgan fingerprint density at radius 3 is 2.57 bits per heavy atom. The van der Waals surface area contributed by atoms with Crippen LogP contribution in [0.5, 0.6) is 0 Å². The second-order valence-corrected chi connectivity index (χ2v) is 10.2. The van der Waals surface area contributed by atoms with Crippen LogP contribution in [0.1, 0.15) is 28.6 Å². The second-order valence-electron chi connectivity index (χ2n) is 6.92. The molecule has 23 heavy (non-hydrogen) atoms. The van der Waals surface area contributed by atoms with Crippen LogP contribution in [0.15, 0.2) is 64.6 Å². The molecule has 0 radical (unpaired) electrons. The molecule has 0 aliphatic heterocycles. The summed E-state index contributed by atoms with van der Waals surface area (Å²) >= 11 is 0. The third kappa shape index (κ3) is 2.47. The fourth-order valence-electron chi connectivity index (χ4n) is 3.65. The molecule has 2 unspecified atom stereocenters. The zero-order valence-electron chi connectivity index (χ0n) is 13.9. The third-order valence-corrected chi connectivity index (χ3v) is 6.91. The van der Waals surface area contributed by atoms with E-state index in [1.165, 1.54) is 22.3 Å². The highest BCUT2D eigenvalue weighted by molar-refractivity contribution is 6.58. The molecule has 1 heterocycles. The first-order valence-corrected chi connectivity index (χ1v) is 11.4. The van der Waals surface area contributed by atoms with Crippen molar-refractivity contribution >= 4 is 20.4 Å². The highest BCUT2D eigenvalue weighted by Crippen LogP contribution is 2.48. The lowest BCUT2D eigenvalue weighted by Crippen LogP contribution is -2.06. The van der Waals surface area contributed by atoms with Crippen LogP contribution in [0.4, 0.5) is 0 Å². The molecule has 0 fully saturated rings. The summed E-state index contributed by atoms with van der Waals surface area (Å²) in [6, 6.07) is 12.9. The molecule has 0 bridgehead atoms. The minimum Gasteiger partial charge on any atom is -0.462 e. The van der Waals surface area contributed by atoms with Gasteiger partial charge in [0.15, 0.2) is 0 Å². The minimum atomic E-state index is -0.687. The summed E-state index contributed by atoms with van der Waals surface area (Å²) < 4.78 is 5.95. The lowest BCUT2D eigenvalue weighted by molar-refractivity contribution is 0.519. The fourth-order valence-corrected chi connectivity index (χ4v) is 4.81. The van der Waals surface area contributed by atoms with Gasteiger partial charge in [0.05, 0.1) is 0 Å². The number of rotatable bonds is 3. The predicted octanol–water partition coefficient (Wildman–Crippen LogP) is 5.58. The van der Waals surface area contributed by atoms with E-state index in [9.17, 15) is 0 Å². The standard InChI is InChI=1S/C21H22OSi/c1-14-8-11-20(22-14)19-13-15-6-4-5-7-18(15)21(19)16-9-10-17(12-16)23(2)3/h4-13,17,21,23H,1-3H3. The Morgan fingerprint density at radius 1 is 1.04 bits per heavy atom. The van der Waals surface area contributed by atoms with Crippen molar-refractivity contribution in [3.63, 3.8) is 0 Å². The number of benzene rings is 1. The molecule has 2 aliphatic rings. The van der Waals surface area contributed by atoms with E-state index in [4.69, 9.17) is 4.42 Å². The zero-order chi connectivity index (χ0) is 16.0. The molecule has 0 amide bonds. The first-order chi connectivity index (χ1) is 11.1. The number of hydrogen-bond acceptors (Lipinski definition) is 1. The Balaban J connectivity index is 1.80. The van der Waals surface area contributed by atoms with E-state index in [2.05, 4.69) is 73.8 Å². The predicted molar refractivity (Wildman–Crippen MR) is 100 cm³/mol. The van der Waals surface area contributed by atoms with Gasteiger partial charge in [0.25, 0.3) is 0 Å². The summed E-state index contributed by atoms with van der Waals surface area (Å²) in [4.78, 5) is 0. The van der Waals surface area contributed by atoms with Crippen molar-refractivity contribution in [2.24, 2.45) is 0 Å². The number of hydrogen-bond donors (Lipinski definition) is 0. The van der Waals surface area contributed by atoms with Gasteiger partial charge >= 0.3 is 0 Å². The Hall–Kier alpha value is -2.06. The largest absolute Gasteiger partial charge is 0.462 e. The molecular formula is C21H22OSi. The molecular weight excluding hydrogens is 296 g/mol. The molecule has 4 rings (SSSR count). The molecule has 116 valence electrons. The molecule has 0 saturated carbocycles. The van der Waals surface area contributed by atoms with Gasteiger partial charge in [0.2, 0.25) is 0 Å². The van der Waals surface area contributed by atoms with Crippen molar-refractivity contribution in [2.45, 2.75) is 31.5 Å². The van der Waals surface area contributed by atoms with Crippen molar-refractivity contribution in [2.75, 3.05) is 0 Å². The summed E-state index contributed by atoms with van der Waals surface area (Å²) in [6.07, 6.45) is 9.53. The molecule has 2 atom stereocenters. The van der Waals surface area contributed by atoms with Gasteiger partial charge in [0, 0.05) is 20.3 Å². The van der Waals surface area contributed by atoms with Crippen LogP contribution >= 0.6 is 0 Å². The third-order valence-electron chi connectivity index (χ3n) is 4.95. The van der Waals surface area contributed by atoms with Gasteiger partial charge in [-0.2, -0.15) is 0 Å². The smallest absolute Gasteiger partial charge is 0.131 e. The van der Waals surface area contributed by atoms with Crippen LogP contribution in [0.3, 0.4) is 0 Å². The SMILES string of the molecule is Cc1ccc(C2=Cc3ccccc3C2C2=CC([SiH](C)C)C=C2)o1. The van der Waals surface area contributed by atoms with Gasteiger partial charge in [-0.05, 0) is 47.4 Å². The summed E-state index contributed by atoms with van der Waals surface area (Å²) in [7, 11) is -0.687. The van der Waals surface area contributed by atoms with E-state index in [0.717, 1.165) is 11.5 Å². The van der Waals surface area contributed by atoms with Crippen LogP contribution in [0, 0.1) is 6.92 Å². The van der Waals surface area contributed by atoms with Gasteiger partial charge in [0.1, 0.15) is 11.5 Å². The van der Waals surface area contributed by atoms with E-state index in [0.29, 0.717) is 11.5 Å². The van der Waals surface area contributed by atoms with Crippen molar-refractivity contribution in [3.05, 3.63) is 82.8 Å². The Morgan fingerprint density at radius 2 is 1.87 bits per heavy atom. The number of furan rings is 1. The van der Waals surface area contributed by atoms with E-state index < -0.39 is 8.80 Å². The van der Waals surface area contributed by atoms with Gasteiger partial charge in [-0.1, -0.05) is 55.6 Å². The number of aryl methyl sites for hydroxylation is 1. The van der Waals surface area contributed by atoms with Crippen LogP contribution in [-0.4, -0.2) is 8.80 Å². The lowest BCUT2D eigenvalue weighted by Gasteiger charge is -2.17. The minimum absolute atomic E-state index is 0.311. The number of fused-ring (bicyclic) bond motifs is 1. The molecule has 2 heteroatoms. The van der Waals surface area contributed by atoms with Gasteiger partial charge in [-0.25, -0.2) is 0 Å². The zero-order valence-corrected chi connectivity index (χ0v) is 15.1. The molecule has 1 aromatic heterocycles. The Bertz CT molecular complexity index is 835. The maximum absolute atomic E-state index is 5.95. The first-order valence-electron chi connectivity index (χ1n) is 8.41. The molecule has 0 spiro atoms. The maximum atomic E-state index is 5.95. The first kappa shape index (κ1) is 14.5. The fraction of sp³-hybridized carbons (Fsp3) is 0.238. The summed E-state index contributed by atoms with van der Waals surface area (Å²) in [5.41, 5.74) is 6.12. The molecule has 1 aromatic carbocycles. The van der Waals surface area contributed by atoms with Crippen LogP contribution in [-0.2, 0) is 0 Å². The topological polar surface area (TPSA) is 13.1 Å². The molecule has 0 N–H and O–H groups in total. The highest BCUT2D eigenvalue weighted by Gasteiger charge is 2.31. The van der Waals surface area contributed by atoms with E-state index in [-0.39, 0.29) is 0 Å². The quantitative estimate of drug-likeness (QED) is 0.673. The average Bonchev–Trinajstić information content (AvgIpc) is 3.23. The maximum Gasteiger partial charge on any atom is 0.131 e. The monoisotopic (exact) mass is 318 g/mol. The molecule has 0 saturated heterocycles. The van der Waals surface area contributed by atoms with Crippen LogP contribution in [0.2, 0.25) is 18.6 Å². The Labute approximate surface area is 139 Å². The van der Waals surface area contributed by atoms with Crippen molar-refractivity contribution in [1.82, 2.24) is 0 Å². The lowest BCUT2D eigenvalue weighted by atomic mass is 9.87. The summed E-state index contributed by atoms with van der Waals surface area (Å²) in [5.74, 6) is 2.29. The van der Waals surface area contributed by atoms with Crippen molar-refractivity contribution in [3.8, 4) is 0 Å². The van der Waals surface area contributed by atoms with Crippen LogP contribution in [0.25, 0.3) is 11.6 Å². The molecule has 2 aromatic rings. The van der Waals surface area contributed by atoms with Gasteiger partial charge < -0.3 is 4.42 Å². The average molecular weight is 318 g/mol. The molecule has 1 nitrogen and oxygen atoms in total. The summed E-state index contributed by atoms with van der Waals surface area (Å²) in [5, 5.41) is 0. The van der Waals surface area contributed by atoms with E-state index in [1.54, 1.807) is 0 Å². The molecule has 2 aliphatic carbocycles. The normalized spacial score (nSPS) is 22.4. The van der Waals surface area contributed by atoms with E-state index in [1.807, 2.05) is 6.92 Å². The van der Waals surface area contributed by atoms with Crippen molar-refractivity contribution in [1.29, 1.82) is 0 Å². The van der Waals surface area contributed by atoms with E-state index >= 15 is 0 Å².